The summed E-state index contributed by atoms with van der Waals surface area (Å²) in [6.07, 6.45) is 2.53. The summed E-state index contributed by atoms with van der Waals surface area (Å²) in [5.74, 6) is 0.944. The largest absolute Gasteiger partial charge is 0.469 e. The third kappa shape index (κ3) is 2.22. The molecular formula is C11H10Cl2OS. The molecule has 2 aromatic rings. The monoisotopic (exact) mass is 260 g/mol. The van der Waals surface area contributed by atoms with E-state index in [9.17, 15) is 0 Å². The predicted molar refractivity (Wildman–Crippen MR) is 65.1 cm³/mol. The van der Waals surface area contributed by atoms with E-state index in [1.54, 1.807) is 6.26 Å². The standard InChI is InChI=1S/C11H10Cl2OS/c1-2-8-7(5-6-14-8)11(13)9-3-4-10(12)15-9/h3-6,11H,2H2,1H3. The van der Waals surface area contributed by atoms with Crippen LogP contribution in [0.5, 0.6) is 0 Å². The van der Waals surface area contributed by atoms with Crippen molar-refractivity contribution in [2.45, 2.75) is 18.7 Å². The minimum atomic E-state index is -0.156. The Morgan fingerprint density at radius 3 is 2.80 bits per heavy atom. The third-order valence-electron chi connectivity index (χ3n) is 2.22. The van der Waals surface area contributed by atoms with Crippen LogP contribution in [0.3, 0.4) is 0 Å². The van der Waals surface area contributed by atoms with Crippen molar-refractivity contribution < 1.29 is 4.42 Å². The quantitative estimate of drug-likeness (QED) is 0.717. The first kappa shape index (κ1) is 11.1. The molecule has 1 atom stereocenters. The van der Waals surface area contributed by atoms with Crippen molar-refractivity contribution in [2.75, 3.05) is 0 Å². The summed E-state index contributed by atoms with van der Waals surface area (Å²) in [5, 5.41) is -0.156. The van der Waals surface area contributed by atoms with Gasteiger partial charge >= 0.3 is 0 Å². The molecule has 0 spiro atoms. The molecule has 15 heavy (non-hydrogen) atoms. The van der Waals surface area contributed by atoms with E-state index >= 15 is 0 Å². The molecule has 0 saturated carbocycles. The first-order valence-corrected chi connectivity index (χ1v) is 6.31. The summed E-state index contributed by atoms with van der Waals surface area (Å²) in [6.45, 7) is 2.05. The molecule has 1 unspecified atom stereocenters. The molecular weight excluding hydrogens is 251 g/mol. The SMILES string of the molecule is CCc1occc1C(Cl)c1ccc(Cl)s1. The van der Waals surface area contributed by atoms with Crippen molar-refractivity contribution in [1.29, 1.82) is 0 Å². The summed E-state index contributed by atoms with van der Waals surface area (Å²) in [6, 6.07) is 5.74. The zero-order chi connectivity index (χ0) is 10.8. The van der Waals surface area contributed by atoms with Gasteiger partial charge in [0.25, 0.3) is 0 Å². The van der Waals surface area contributed by atoms with Crippen LogP contribution in [0.4, 0.5) is 0 Å². The zero-order valence-electron chi connectivity index (χ0n) is 8.17. The Morgan fingerprint density at radius 2 is 2.20 bits per heavy atom. The molecule has 0 amide bonds. The number of furan rings is 1. The number of hydrogen-bond acceptors (Lipinski definition) is 2. The highest BCUT2D eigenvalue weighted by Gasteiger charge is 2.17. The molecule has 1 nitrogen and oxygen atoms in total. The molecule has 2 aromatic heterocycles. The summed E-state index contributed by atoms with van der Waals surface area (Å²) < 4.78 is 6.11. The molecule has 0 aliphatic heterocycles. The first-order valence-electron chi connectivity index (χ1n) is 4.68. The van der Waals surface area contributed by atoms with Gasteiger partial charge in [0.05, 0.1) is 16.0 Å². The molecule has 0 radical (unpaired) electrons. The normalized spacial score (nSPS) is 13.0. The second-order valence-corrected chi connectivity index (χ2v) is 5.34. The minimum absolute atomic E-state index is 0.156. The average Bonchev–Trinajstić information content (AvgIpc) is 2.84. The summed E-state index contributed by atoms with van der Waals surface area (Å²) >= 11 is 13.7. The van der Waals surface area contributed by atoms with Crippen LogP contribution in [0.2, 0.25) is 4.34 Å². The van der Waals surface area contributed by atoms with Crippen LogP contribution >= 0.6 is 34.5 Å². The van der Waals surface area contributed by atoms with Crippen LogP contribution in [-0.2, 0) is 6.42 Å². The van der Waals surface area contributed by atoms with Crippen molar-refractivity contribution >= 4 is 34.5 Å². The predicted octanol–water partition coefficient (Wildman–Crippen LogP) is 4.89. The number of thiophene rings is 1. The maximum atomic E-state index is 6.36. The maximum Gasteiger partial charge on any atom is 0.108 e. The van der Waals surface area contributed by atoms with Gasteiger partial charge < -0.3 is 4.42 Å². The van der Waals surface area contributed by atoms with E-state index in [1.165, 1.54) is 11.3 Å². The van der Waals surface area contributed by atoms with E-state index in [1.807, 2.05) is 25.1 Å². The van der Waals surface area contributed by atoms with Gasteiger partial charge in [0.2, 0.25) is 0 Å². The van der Waals surface area contributed by atoms with Gasteiger partial charge in [0.1, 0.15) is 5.76 Å². The Hall–Kier alpha value is -0.440. The lowest BCUT2D eigenvalue weighted by Crippen LogP contribution is -1.92. The molecule has 0 bridgehead atoms. The highest BCUT2D eigenvalue weighted by Crippen LogP contribution is 2.37. The van der Waals surface area contributed by atoms with E-state index in [2.05, 4.69) is 0 Å². The number of rotatable bonds is 3. The van der Waals surface area contributed by atoms with Crippen LogP contribution in [-0.4, -0.2) is 0 Å². The third-order valence-corrected chi connectivity index (χ3v) is 4.11. The lowest BCUT2D eigenvalue weighted by atomic mass is 10.1. The molecule has 80 valence electrons. The van der Waals surface area contributed by atoms with Gasteiger partial charge in [-0.25, -0.2) is 0 Å². The lowest BCUT2D eigenvalue weighted by molar-refractivity contribution is 0.512. The maximum absolute atomic E-state index is 6.36. The smallest absolute Gasteiger partial charge is 0.108 e. The highest BCUT2D eigenvalue weighted by atomic mass is 35.5. The van der Waals surface area contributed by atoms with Crippen molar-refractivity contribution in [2.24, 2.45) is 0 Å². The molecule has 0 N–H and O–H groups in total. The van der Waals surface area contributed by atoms with Crippen molar-refractivity contribution in [1.82, 2.24) is 0 Å². The number of halogens is 2. The Bertz CT molecular complexity index is 447. The number of hydrogen-bond donors (Lipinski definition) is 0. The second kappa shape index (κ2) is 4.60. The summed E-state index contributed by atoms with van der Waals surface area (Å²) in [5.41, 5.74) is 1.04. The Kier molecular flexibility index (Phi) is 3.39. The van der Waals surface area contributed by atoms with E-state index in [-0.39, 0.29) is 5.38 Å². The van der Waals surface area contributed by atoms with Crippen LogP contribution < -0.4 is 0 Å². The second-order valence-electron chi connectivity index (χ2n) is 3.16. The fraction of sp³-hybridized carbons (Fsp3) is 0.273. The van der Waals surface area contributed by atoms with Crippen molar-refractivity contribution in [3.8, 4) is 0 Å². The number of aryl methyl sites for hydroxylation is 1. The Morgan fingerprint density at radius 1 is 1.40 bits per heavy atom. The molecule has 0 aromatic carbocycles. The molecule has 0 aliphatic carbocycles. The zero-order valence-corrected chi connectivity index (χ0v) is 10.5. The van der Waals surface area contributed by atoms with E-state index in [4.69, 9.17) is 27.6 Å². The summed E-state index contributed by atoms with van der Waals surface area (Å²) in [7, 11) is 0. The van der Waals surface area contributed by atoms with Crippen LogP contribution in [0.25, 0.3) is 0 Å². The van der Waals surface area contributed by atoms with Gasteiger partial charge in [-0.3, -0.25) is 0 Å². The van der Waals surface area contributed by atoms with E-state index < -0.39 is 0 Å². The molecule has 2 rings (SSSR count). The van der Waals surface area contributed by atoms with Crippen LogP contribution in [0.1, 0.15) is 28.5 Å². The number of alkyl halides is 1. The molecule has 2 heterocycles. The van der Waals surface area contributed by atoms with Crippen LogP contribution in [0, 0.1) is 0 Å². The Balaban J connectivity index is 2.31. The minimum Gasteiger partial charge on any atom is -0.469 e. The topological polar surface area (TPSA) is 13.1 Å². The van der Waals surface area contributed by atoms with Crippen molar-refractivity contribution in [3.05, 3.63) is 45.0 Å². The Labute approximate surface area is 103 Å². The van der Waals surface area contributed by atoms with E-state index in [0.717, 1.165) is 27.0 Å². The molecule has 0 saturated heterocycles. The van der Waals surface area contributed by atoms with E-state index in [0.29, 0.717) is 0 Å². The molecule has 4 heteroatoms. The fourth-order valence-electron chi connectivity index (χ4n) is 1.48. The summed E-state index contributed by atoms with van der Waals surface area (Å²) in [4.78, 5) is 1.05. The fourth-order valence-corrected chi connectivity index (χ4v) is 2.94. The van der Waals surface area contributed by atoms with Gasteiger partial charge in [0.15, 0.2) is 0 Å². The average molecular weight is 261 g/mol. The van der Waals surface area contributed by atoms with Gasteiger partial charge in [0, 0.05) is 16.9 Å². The lowest BCUT2D eigenvalue weighted by Gasteiger charge is -2.06. The molecule has 0 fully saturated rings. The van der Waals surface area contributed by atoms with Gasteiger partial charge in [-0.1, -0.05) is 18.5 Å². The van der Waals surface area contributed by atoms with Crippen molar-refractivity contribution in [3.63, 3.8) is 0 Å². The van der Waals surface area contributed by atoms with Gasteiger partial charge in [-0.15, -0.1) is 22.9 Å². The molecule has 0 aliphatic rings. The highest BCUT2D eigenvalue weighted by molar-refractivity contribution is 7.16. The van der Waals surface area contributed by atoms with Gasteiger partial charge in [-0.2, -0.15) is 0 Å². The van der Waals surface area contributed by atoms with Gasteiger partial charge in [-0.05, 0) is 18.2 Å². The first-order chi connectivity index (χ1) is 7.22. The van der Waals surface area contributed by atoms with Crippen LogP contribution in [0.15, 0.2) is 28.9 Å².